The monoisotopic (exact) mass is 401 g/mol. The van der Waals surface area contributed by atoms with Gasteiger partial charge < -0.3 is 14.4 Å². The fraction of sp³-hybridized carbons (Fsp3) is 0.208. The molecule has 2 aromatic carbocycles. The second-order valence-corrected chi connectivity index (χ2v) is 6.45. The van der Waals surface area contributed by atoms with E-state index in [1.54, 1.807) is 23.2 Å². The first-order chi connectivity index (χ1) is 14.7. The molecule has 0 unspecified atom stereocenters. The van der Waals surface area contributed by atoms with Gasteiger partial charge in [0.1, 0.15) is 12.4 Å². The van der Waals surface area contributed by atoms with Gasteiger partial charge in [-0.2, -0.15) is 5.26 Å². The van der Waals surface area contributed by atoms with Crippen molar-refractivity contribution in [1.29, 1.82) is 5.26 Å². The van der Waals surface area contributed by atoms with E-state index in [-0.39, 0.29) is 18.9 Å². The molecule has 1 amide bonds. The molecule has 6 nitrogen and oxygen atoms in total. The average molecular weight is 401 g/mol. The van der Waals surface area contributed by atoms with Crippen LogP contribution in [0.1, 0.15) is 29.3 Å². The standard InChI is InChI=1S/C24H23N3O3/c1-2-29-22-11-9-21(10-12-22)27(16-6-14-25)24(28)20-13-15-26-23(17-20)30-18-19-7-4-3-5-8-19/h3-5,7-13,15,17H,2,6,16,18H2,1H3. The number of ether oxygens (including phenoxy) is 2. The Hall–Kier alpha value is -3.85. The molecule has 1 aromatic heterocycles. The second-order valence-electron chi connectivity index (χ2n) is 6.45. The zero-order valence-corrected chi connectivity index (χ0v) is 16.8. The van der Waals surface area contributed by atoms with Gasteiger partial charge in [-0.15, -0.1) is 0 Å². The van der Waals surface area contributed by atoms with Crippen LogP contribution in [0.15, 0.2) is 72.9 Å². The summed E-state index contributed by atoms with van der Waals surface area (Å²) in [6, 6.07) is 22.4. The number of carbonyl (C=O) groups excluding carboxylic acids is 1. The number of nitriles is 1. The molecule has 152 valence electrons. The maximum Gasteiger partial charge on any atom is 0.258 e. The lowest BCUT2D eigenvalue weighted by molar-refractivity contribution is 0.0986. The number of anilines is 1. The van der Waals surface area contributed by atoms with Crippen LogP contribution in [0.4, 0.5) is 5.69 Å². The first-order valence-electron chi connectivity index (χ1n) is 9.75. The zero-order valence-electron chi connectivity index (χ0n) is 16.8. The molecule has 1 heterocycles. The van der Waals surface area contributed by atoms with E-state index in [0.29, 0.717) is 30.3 Å². The number of carbonyl (C=O) groups is 1. The van der Waals surface area contributed by atoms with E-state index in [2.05, 4.69) is 11.1 Å². The van der Waals surface area contributed by atoms with Gasteiger partial charge in [0.05, 0.1) is 19.1 Å². The Labute approximate surface area is 176 Å². The molecule has 30 heavy (non-hydrogen) atoms. The van der Waals surface area contributed by atoms with Crippen molar-refractivity contribution >= 4 is 11.6 Å². The van der Waals surface area contributed by atoms with E-state index in [9.17, 15) is 4.79 Å². The van der Waals surface area contributed by atoms with Crippen LogP contribution in [0.25, 0.3) is 0 Å². The summed E-state index contributed by atoms with van der Waals surface area (Å²) >= 11 is 0. The van der Waals surface area contributed by atoms with Crippen LogP contribution in [0, 0.1) is 11.3 Å². The Kier molecular flexibility index (Phi) is 7.39. The molecule has 0 atom stereocenters. The summed E-state index contributed by atoms with van der Waals surface area (Å²) in [7, 11) is 0. The number of hydrogen-bond acceptors (Lipinski definition) is 5. The highest BCUT2D eigenvalue weighted by Crippen LogP contribution is 2.23. The molecule has 3 rings (SSSR count). The minimum Gasteiger partial charge on any atom is -0.494 e. The Balaban J connectivity index is 1.77. The van der Waals surface area contributed by atoms with Gasteiger partial charge in [0, 0.05) is 30.1 Å². The van der Waals surface area contributed by atoms with Crippen molar-refractivity contribution in [3.63, 3.8) is 0 Å². The normalized spacial score (nSPS) is 10.1. The van der Waals surface area contributed by atoms with Crippen LogP contribution in [-0.4, -0.2) is 24.0 Å². The fourth-order valence-corrected chi connectivity index (χ4v) is 2.91. The van der Waals surface area contributed by atoms with E-state index in [0.717, 1.165) is 11.3 Å². The van der Waals surface area contributed by atoms with Crippen molar-refractivity contribution in [3.05, 3.63) is 84.1 Å². The Bertz CT molecular complexity index is 998. The van der Waals surface area contributed by atoms with Crippen molar-refractivity contribution in [1.82, 2.24) is 4.98 Å². The lowest BCUT2D eigenvalue weighted by Crippen LogP contribution is -2.31. The van der Waals surface area contributed by atoms with Gasteiger partial charge in [-0.25, -0.2) is 4.98 Å². The lowest BCUT2D eigenvalue weighted by atomic mass is 10.2. The zero-order chi connectivity index (χ0) is 21.2. The van der Waals surface area contributed by atoms with Crippen LogP contribution >= 0.6 is 0 Å². The summed E-state index contributed by atoms with van der Waals surface area (Å²) in [5.41, 5.74) is 2.16. The Morgan fingerprint density at radius 3 is 2.53 bits per heavy atom. The first-order valence-corrected chi connectivity index (χ1v) is 9.75. The number of pyridine rings is 1. The van der Waals surface area contributed by atoms with Crippen molar-refractivity contribution in [2.24, 2.45) is 0 Å². The van der Waals surface area contributed by atoms with Gasteiger partial charge in [0.2, 0.25) is 5.88 Å². The molecule has 0 bridgehead atoms. The van der Waals surface area contributed by atoms with Crippen LogP contribution in [0.5, 0.6) is 11.6 Å². The summed E-state index contributed by atoms with van der Waals surface area (Å²) in [6.07, 6.45) is 1.77. The third-order valence-electron chi connectivity index (χ3n) is 4.36. The fourth-order valence-electron chi connectivity index (χ4n) is 2.91. The van der Waals surface area contributed by atoms with Gasteiger partial charge in [-0.1, -0.05) is 30.3 Å². The number of amides is 1. The predicted octanol–water partition coefficient (Wildman–Crippen LogP) is 4.62. The number of hydrogen-bond donors (Lipinski definition) is 0. The second kappa shape index (κ2) is 10.6. The maximum atomic E-state index is 13.2. The molecule has 0 aliphatic carbocycles. The average Bonchev–Trinajstić information content (AvgIpc) is 2.80. The van der Waals surface area contributed by atoms with E-state index in [4.69, 9.17) is 14.7 Å². The topological polar surface area (TPSA) is 75.5 Å². The number of nitrogens with zero attached hydrogens (tertiary/aromatic N) is 3. The van der Waals surface area contributed by atoms with Crippen LogP contribution in [-0.2, 0) is 6.61 Å². The summed E-state index contributed by atoms with van der Waals surface area (Å²) < 4.78 is 11.2. The highest BCUT2D eigenvalue weighted by atomic mass is 16.5. The van der Waals surface area contributed by atoms with Crippen LogP contribution in [0.2, 0.25) is 0 Å². The van der Waals surface area contributed by atoms with Crippen molar-refractivity contribution in [2.75, 3.05) is 18.1 Å². The first kappa shape index (κ1) is 20.9. The molecular formula is C24H23N3O3. The van der Waals surface area contributed by atoms with Gasteiger partial charge in [0.25, 0.3) is 5.91 Å². The van der Waals surface area contributed by atoms with E-state index in [1.807, 2.05) is 61.5 Å². The predicted molar refractivity (Wildman–Crippen MR) is 115 cm³/mol. The van der Waals surface area contributed by atoms with Gasteiger partial charge in [-0.3, -0.25) is 4.79 Å². The molecule has 3 aromatic rings. The van der Waals surface area contributed by atoms with E-state index < -0.39 is 0 Å². The minimum absolute atomic E-state index is 0.221. The van der Waals surface area contributed by atoms with Gasteiger partial charge in [0.15, 0.2) is 0 Å². The minimum atomic E-state index is -0.221. The molecule has 0 aliphatic heterocycles. The lowest BCUT2D eigenvalue weighted by Gasteiger charge is -2.22. The van der Waals surface area contributed by atoms with Crippen molar-refractivity contribution < 1.29 is 14.3 Å². The van der Waals surface area contributed by atoms with Crippen LogP contribution < -0.4 is 14.4 Å². The quantitative estimate of drug-likeness (QED) is 0.523. The van der Waals surface area contributed by atoms with Gasteiger partial charge >= 0.3 is 0 Å². The van der Waals surface area contributed by atoms with Crippen molar-refractivity contribution in [2.45, 2.75) is 20.0 Å². The molecule has 0 fully saturated rings. The third kappa shape index (κ3) is 5.58. The highest BCUT2D eigenvalue weighted by Gasteiger charge is 2.18. The van der Waals surface area contributed by atoms with E-state index >= 15 is 0 Å². The van der Waals surface area contributed by atoms with Gasteiger partial charge in [-0.05, 0) is 42.8 Å². The molecular weight excluding hydrogens is 378 g/mol. The highest BCUT2D eigenvalue weighted by molar-refractivity contribution is 6.06. The molecule has 0 radical (unpaired) electrons. The Morgan fingerprint density at radius 1 is 1.07 bits per heavy atom. The summed E-state index contributed by atoms with van der Waals surface area (Å²) in [4.78, 5) is 19.0. The number of benzene rings is 2. The Morgan fingerprint density at radius 2 is 1.83 bits per heavy atom. The van der Waals surface area contributed by atoms with Crippen LogP contribution in [0.3, 0.4) is 0 Å². The summed E-state index contributed by atoms with van der Waals surface area (Å²) in [5.74, 6) is 0.882. The molecule has 0 spiro atoms. The largest absolute Gasteiger partial charge is 0.494 e. The smallest absolute Gasteiger partial charge is 0.258 e. The summed E-state index contributed by atoms with van der Waals surface area (Å²) in [5, 5.41) is 9.01. The third-order valence-corrected chi connectivity index (χ3v) is 4.36. The molecule has 6 heteroatoms. The van der Waals surface area contributed by atoms with E-state index in [1.165, 1.54) is 0 Å². The molecule has 0 aliphatic rings. The number of rotatable bonds is 9. The summed E-state index contributed by atoms with van der Waals surface area (Å²) in [6.45, 7) is 3.13. The number of aromatic nitrogens is 1. The SMILES string of the molecule is CCOc1ccc(N(CCC#N)C(=O)c2ccnc(OCc3ccccc3)c2)cc1. The molecule has 0 saturated heterocycles. The van der Waals surface area contributed by atoms with Crippen molar-refractivity contribution in [3.8, 4) is 17.7 Å². The molecule has 0 N–H and O–H groups in total. The molecule has 0 saturated carbocycles. The maximum absolute atomic E-state index is 13.2.